The minimum atomic E-state index is -4.55. The Morgan fingerprint density at radius 3 is 2.57 bits per heavy atom. The summed E-state index contributed by atoms with van der Waals surface area (Å²) < 4.78 is 39.7. The van der Waals surface area contributed by atoms with Gasteiger partial charge in [-0.15, -0.1) is 0 Å². The molecule has 0 bridgehead atoms. The maximum atomic E-state index is 13.3. The van der Waals surface area contributed by atoms with Crippen LogP contribution in [-0.4, -0.2) is 33.6 Å². The van der Waals surface area contributed by atoms with Gasteiger partial charge >= 0.3 is 6.18 Å². The number of carbonyl (C=O) groups excluding carboxylic acids is 1. The van der Waals surface area contributed by atoms with Crippen molar-refractivity contribution in [3.8, 4) is 0 Å². The summed E-state index contributed by atoms with van der Waals surface area (Å²) in [6.45, 7) is 3.81. The fraction of sp³-hybridized carbons (Fsp3) is 0.296. The SMILES string of the molecule is C=C/C(=C\c1[nH]c(C2(c3ccc4c(n3)CCCN4C(=O)c3ccccc3Cl)CCC2)nc1N)C(F)(F)F. The van der Waals surface area contributed by atoms with Gasteiger partial charge in [0.15, 0.2) is 0 Å². The predicted octanol–water partition coefficient (Wildman–Crippen LogP) is 6.24. The molecule has 1 amide bonds. The van der Waals surface area contributed by atoms with Crippen molar-refractivity contribution < 1.29 is 18.0 Å². The third kappa shape index (κ3) is 4.41. The molecule has 0 spiro atoms. The van der Waals surface area contributed by atoms with E-state index in [9.17, 15) is 18.0 Å². The van der Waals surface area contributed by atoms with Crippen LogP contribution in [0.1, 0.15) is 58.9 Å². The molecule has 6 nitrogen and oxygen atoms in total. The van der Waals surface area contributed by atoms with Crippen LogP contribution in [0.2, 0.25) is 5.02 Å². The first kappa shape index (κ1) is 25.1. The Morgan fingerprint density at radius 2 is 1.92 bits per heavy atom. The van der Waals surface area contributed by atoms with E-state index >= 15 is 0 Å². The zero-order chi connectivity index (χ0) is 26.4. The van der Waals surface area contributed by atoms with Crippen LogP contribution in [0.4, 0.5) is 24.7 Å². The number of fused-ring (bicyclic) bond motifs is 1. The molecule has 1 aliphatic heterocycles. The number of imidazole rings is 1. The second kappa shape index (κ2) is 9.37. The van der Waals surface area contributed by atoms with E-state index in [2.05, 4.69) is 16.5 Å². The number of carbonyl (C=O) groups is 1. The van der Waals surface area contributed by atoms with Gasteiger partial charge in [0, 0.05) is 6.54 Å². The molecule has 5 rings (SSSR count). The van der Waals surface area contributed by atoms with E-state index in [-0.39, 0.29) is 17.4 Å². The molecule has 192 valence electrons. The number of halogens is 4. The van der Waals surface area contributed by atoms with Crippen LogP contribution in [0, 0.1) is 0 Å². The van der Waals surface area contributed by atoms with Gasteiger partial charge in [0.2, 0.25) is 0 Å². The van der Waals surface area contributed by atoms with E-state index in [0.717, 1.165) is 54.9 Å². The molecule has 10 heteroatoms. The molecular formula is C27H25ClF3N5O. The first-order chi connectivity index (χ1) is 17.6. The summed E-state index contributed by atoms with van der Waals surface area (Å²) in [5.74, 6) is 0.289. The van der Waals surface area contributed by atoms with Crippen LogP contribution in [-0.2, 0) is 11.8 Å². The number of anilines is 2. The van der Waals surface area contributed by atoms with E-state index in [1.807, 2.05) is 12.1 Å². The molecule has 1 aromatic carbocycles. The Bertz CT molecular complexity index is 1410. The number of amides is 1. The molecule has 0 atom stereocenters. The number of aromatic amines is 1. The smallest absolute Gasteiger partial charge is 0.382 e. The van der Waals surface area contributed by atoms with Gasteiger partial charge in [0.1, 0.15) is 11.6 Å². The summed E-state index contributed by atoms with van der Waals surface area (Å²) in [5, 5.41) is 0.392. The second-order valence-electron chi connectivity index (χ2n) is 9.32. The number of nitrogens with two attached hydrogens (primary N) is 1. The molecule has 0 radical (unpaired) electrons. The van der Waals surface area contributed by atoms with E-state index in [0.29, 0.717) is 29.4 Å². The number of aryl methyl sites for hydroxylation is 1. The number of pyridine rings is 1. The topological polar surface area (TPSA) is 87.9 Å². The van der Waals surface area contributed by atoms with E-state index in [4.69, 9.17) is 22.3 Å². The number of benzene rings is 1. The van der Waals surface area contributed by atoms with Gasteiger partial charge < -0.3 is 15.6 Å². The number of alkyl halides is 3. The van der Waals surface area contributed by atoms with Crippen molar-refractivity contribution in [3.63, 3.8) is 0 Å². The van der Waals surface area contributed by atoms with Crippen molar-refractivity contribution in [1.82, 2.24) is 15.0 Å². The van der Waals surface area contributed by atoms with Crippen LogP contribution in [0.3, 0.4) is 0 Å². The molecular weight excluding hydrogens is 503 g/mol. The number of aromatic nitrogens is 3. The van der Waals surface area contributed by atoms with Gasteiger partial charge in [-0.2, -0.15) is 13.2 Å². The number of hydrogen-bond acceptors (Lipinski definition) is 4. The molecule has 1 aliphatic carbocycles. The molecule has 3 aromatic rings. The largest absolute Gasteiger partial charge is 0.416 e. The maximum absolute atomic E-state index is 13.3. The summed E-state index contributed by atoms with van der Waals surface area (Å²) in [4.78, 5) is 27.3. The number of H-pyrrole nitrogens is 1. The fourth-order valence-corrected chi connectivity index (χ4v) is 5.22. The first-order valence-corrected chi connectivity index (χ1v) is 12.4. The molecule has 0 saturated heterocycles. The summed E-state index contributed by atoms with van der Waals surface area (Å²) in [6, 6.07) is 10.7. The van der Waals surface area contributed by atoms with Gasteiger partial charge in [0.05, 0.1) is 44.3 Å². The summed E-state index contributed by atoms with van der Waals surface area (Å²) >= 11 is 6.27. The van der Waals surface area contributed by atoms with Crippen LogP contribution in [0.15, 0.2) is 54.6 Å². The molecule has 1 fully saturated rings. The highest BCUT2D eigenvalue weighted by Crippen LogP contribution is 2.48. The molecule has 1 saturated carbocycles. The van der Waals surface area contributed by atoms with Crippen molar-refractivity contribution in [1.29, 1.82) is 0 Å². The average Bonchev–Trinajstić information content (AvgIpc) is 3.20. The van der Waals surface area contributed by atoms with Gasteiger partial charge in [-0.3, -0.25) is 9.78 Å². The predicted molar refractivity (Wildman–Crippen MR) is 138 cm³/mol. The number of nitrogens with zero attached hydrogens (tertiary/aromatic N) is 3. The second-order valence-corrected chi connectivity index (χ2v) is 9.73. The van der Waals surface area contributed by atoms with Gasteiger partial charge in [-0.05, 0) is 56.0 Å². The third-order valence-electron chi connectivity index (χ3n) is 7.14. The Hall–Kier alpha value is -3.59. The zero-order valence-corrected chi connectivity index (χ0v) is 20.7. The van der Waals surface area contributed by atoms with E-state index < -0.39 is 17.2 Å². The highest BCUT2D eigenvalue weighted by molar-refractivity contribution is 6.34. The lowest BCUT2D eigenvalue weighted by atomic mass is 9.65. The lowest BCUT2D eigenvalue weighted by Gasteiger charge is -2.40. The Morgan fingerprint density at radius 1 is 1.16 bits per heavy atom. The van der Waals surface area contributed by atoms with Crippen LogP contribution < -0.4 is 10.6 Å². The normalized spacial score (nSPS) is 17.2. The lowest BCUT2D eigenvalue weighted by Crippen LogP contribution is -2.39. The van der Waals surface area contributed by atoms with Gasteiger partial charge in [0.25, 0.3) is 5.91 Å². The quantitative estimate of drug-likeness (QED) is 0.385. The highest BCUT2D eigenvalue weighted by Gasteiger charge is 2.45. The van der Waals surface area contributed by atoms with Crippen molar-refractivity contribution in [2.75, 3.05) is 17.2 Å². The highest BCUT2D eigenvalue weighted by atomic mass is 35.5. The van der Waals surface area contributed by atoms with Crippen LogP contribution in [0.5, 0.6) is 0 Å². The molecule has 0 unspecified atom stereocenters. The summed E-state index contributed by atoms with van der Waals surface area (Å²) in [5.41, 5.74) is 7.31. The number of rotatable bonds is 5. The van der Waals surface area contributed by atoms with Crippen LogP contribution >= 0.6 is 11.6 Å². The molecule has 2 aromatic heterocycles. The van der Waals surface area contributed by atoms with E-state index in [1.165, 1.54) is 0 Å². The standard InChI is InChI=1S/C27H25ClF3N5O/c1-2-16(27(29,30)31)15-20-23(32)35-25(34-20)26(12-6-13-26)22-11-10-21-19(33-22)9-5-14-36(21)24(37)17-7-3-4-8-18(17)28/h2-4,7-8,10-11,15H,1,5-6,9,12-14,32H2,(H,34,35)/b16-15+. The molecule has 37 heavy (non-hydrogen) atoms. The Kier molecular flexibility index (Phi) is 6.35. The number of hydrogen-bond donors (Lipinski definition) is 2. The average molecular weight is 528 g/mol. The van der Waals surface area contributed by atoms with E-state index in [1.54, 1.807) is 29.2 Å². The molecule has 3 heterocycles. The molecule has 2 aliphatic rings. The monoisotopic (exact) mass is 527 g/mol. The number of nitrogen functional groups attached to an aromatic ring is 1. The molecule has 3 N–H and O–H groups in total. The lowest BCUT2D eigenvalue weighted by molar-refractivity contribution is -0.0872. The maximum Gasteiger partial charge on any atom is 0.416 e. The first-order valence-electron chi connectivity index (χ1n) is 12.0. The fourth-order valence-electron chi connectivity index (χ4n) is 5.00. The zero-order valence-electron chi connectivity index (χ0n) is 19.9. The minimum absolute atomic E-state index is 0.0145. The van der Waals surface area contributed by atoms with Crippen molar-refractivity contribution in [2.45, 2.75) is 43.7 Å². The summed E-state index contributed by atoms with van der Waals surface area (Å²) in [6.07, 6.45) is 0.938. The number of nitrogens with one attached hydrogen (secondary N) is 1. The van der Waals surface area contributed by atoms with Crippen molar-refractivity contribution >= 4 is 35.1 Å². The minimum Gasteiger partial charge on any atom is -0.382 e. The van der Waals surface area contributed by atoms with Crippen LogP contribution in [0.25, 0.3) is 6.08 Å². The Labute approximate surface area is 217 Å². The van der Waals surface area contributed by atoms with Gasteiger partial charge in [-0.25, -0.2) is 4.98 Å². The Balaban J connectivity index is 1.50. The third-order valence-corrected chi connectivity index (χ3v) is 7.47. The number of allylic oxidation sites excluding steroid dienone is 2. The summed E-state index contributed by atoms with van der Waals surface area (Å²) in [7, 11) is 0. The van der Waals surface area contributed by atoms with Crippen molar-refractivity contribution in [2.24, 2.45) is 0 Å². The van der Waals surface area contributed by atoms with Crippen molar-refractivity contribution in [3.05, 3.63) is 88.1 Å². The van der Waals surface area contributed by atoms with Gasteiger partial charge in [-0.1, -0.05) is 42.8 Å².